The summed E-state index contributed by atoms with van der Waals surface area (Å²) in [5, 5.41) is 2.02. The molecule has 1 aromatic heterocycles. The predicted molar refractivity (Wildman–Crippen MR) is 78.2 cm³/mol. The average molecular weight is 279 g/mol. The third-order valence-electron chi connectivity index (χ3n) is 2.83. The van der Waals surface area contributed by atoms with Crippen LogP contribution in [0, 0.1) is 0 Å². The number of benzene rings is 1. The fourth-order valence-corrected chi connectivity index (χ4v) is 2.41. The van der Waals surface area contributed by atoms with Crippen LogP contribution in [0.25, 0.3) is 0 Å². The molecule has 0 atom stereocenters. The molecule has 1 aromatic carbocycles. The molecule has 0 saturated heterocycles. The molecule has 1 heterocycles. The SMILES string of the molecule is COc1cc(N)c(N(C)Cc2cscn2)cc1OC. The maximum atomic E-state index is 6.06. The zero-order chi connectivity index (χ0) is 13.8. The van der Waals surface area contributed by atoms with E-state index in [9.17, 15) is 0 Å². The normalized spacial score (nSPS) is 10.3. The first-order valence-corrected chi connectivity index (χ1v) is 6.69. The molecule has 0 aliphatic rings. The van der Waals surface area contributed by atoms with Crippen molar-refractivity contribution < 1.29 is 9.47 Å². The van der Waals surface area contributed by atoms with Crippen molar-refractivity contribution in [1.29, 1.82) is 0 Å². The first kappa shape index (κ1) is 13.5. The summed E-state index contributed by atoms with van der Waals surface area (Å²) < 4.78 is 10.5. The van der Waals surface area contributed by atoms with E-state index in [0.717, 1.165) is 11.4 Å². The quantitative estimate of drug-likeness (QED) is 0.851. The molecule has 2 aromatic rings. The molecule has 0 spiro atoms. The van der Waals surface area contributed by atoms with E-state index >= 15 is 0 Å². The van der Waals surface area contributed by atoms with Gasteiger partial charge in [-0.05, 0) is 0 Å². The predicted octanol–water partition coefficient (Wildman–Crippen LogP) is 2.38. The second kappa shape index (κ2) is 5.79. The molecule has 0 amide bonds. The van der Waals surface area contributed by atoms with Gasteiger partial charge in [0.1, 0.15) is 0 Å². The first-order chi connectivity index (χ1) is 9.15. The molecular formula is C13H17N3O2S. The second-order valence-electron chi connectivity index (χ2n) is 4.10. The highest BCUT2D eigenvalue weighted by atomic mass is 32.1. The molecule has 5 nitrogen and oxygen atoms in total. The van der Waals surface area contributed by atoms with Gasteiger partial charge in [-0.3, -0.25) is 0 Å². The molecule has 2 N–H and O–H groups in total. The van der Waals surface area contributed by atoms with Gasteiger partial charge in [0.25, 0.3) is 0 Å². The van der Waals surface area contributed by atoms with E-state index in [2.05, 4.69) is 4.98 Å². The van der Waals surface area contributed by atoms with Crippen LogP contribution < -0.4 is 20.1 Å². The van der Waals surface area contributed by atoms with E-state index in [4.69, 9.17) is 15.2 Å². The molecule has 0 fully saturated rings. The monoisotopic (exact) mass is 279 g/mol. The molecule has 19 heavy (non-hydrogen) atoms. The summed E-state index contributed by atoms with van der Waals surface area (Å²) in [4.78, 5) is 6.30. The highest BCUT2D eigenvalue weighted by Gasteiger charge is 2.13. The van der Waals surface area contributed by atoms with Crippen molar-refractivity contribution in [1.82, 2.24) is 4.98 Å². The molecule has 0 aliphatic heterocycles. The number of thiazole rings is 1. The van der Waals surface area contributed by atoms with Crippen molar-refractivity contribution >= 4 is 22.7 Å². The van der Waals surface area contributed by atoms with Gasteiger partial charge in [0.2, 0.25) is 0 Å². The summed E-state index contributed by atoms with van der Waals surface area (Å²) in [6.07, 6.45) is 0. The van der Waals surface area contributed by atoms with Crippen molar-refractivity contribution in [3.8, 4) is 11.5 Å². The Hall–Kier alpha value is -1.95. The van der Waals surface area contributed by atoms with Crippen LogP contribution in [0.4, 0.5) is 11.4 Å². The summed E-state index contributed by atoms with van der Waals surface area (Å²) in [7, 11) is 5.17. The number of hydrogen-bond donors (Lipinski definition) is 1. The van der Waals surface area contributed by atoms with Gasteiger partial charge in [0.05, 0.1) is 43.3 Å². The highest BCUT2D eigenvalue weighted by molar-refractivity contribution is 7.07. The molecule has 0 radical (unpaired) electrons. The van der Waals surface area contributed by atoms with Gasteiger partial charge in [-0.15, -0.1) is 11.3 Å². The summed E-state index contributed by atoms with van der Waals surface area (Å²) >= 11 is 1.58. The van der Waals surface area contributed by atoms with Gasteiger partial charge >= 0.3 is 0 Å². The number of hydrogen-bond acceptors (Lipinski definition) is 6. The smallest absolute Gasteiger partial charge is 0.162 e. The number of nitrogens with two attached hydrogens (primary N) is 1. The number of methoxy groups -OCH3 is 2. The second-order valence-corrected chi connectivity index (χ2v) is 4.82. The van der Waals surface area contributed by atoms with Crippen LogP contribution in [0.2, 0.25) is 0 Å². The van der Waals surface area contributed by atoms with Gasteiger partial charge in [0, 0.05) is 24.6 Å². The zero-order valence-electron chi connectivity index (χ0n) is 11.2. The van der Waals surface area contributed by atoms with E-state index in [1.807, 2.05) is 28.9 Å². The van der Waals surface area contributed by atoms with E-state index in [0.29, 0.717) is 23.7 Å². The lowest BCUT2D eigenvalue weighted by molar-refractivity contribution is 0.355. The number of nitrogen functional groups attached to an aromatic ring is 1. The fourth-order valence-electron chi connectivity index (χ4n) is 1.86. The minimum Gasteiger partial charge on any atom is -0.493 e. The van der Waals surface area contributed by atoms with Crippen LogP contribution in [0.15, 0.2) is 23.0 Å². The van der Waals surface area contributed by atoms with Crippen molar-refractivity contribution in [3.63, 3.8) is 0 Å². The number of anilines is 2. The summed E-state index contributed by atoms with van der Waals surface area (Å²) in [5.41, 5.74) is 10.4. The molecule has 0 bridgehead atoms. The standard InChI is InChI=1S/C13H17N3O2S/c1-16(6-9-7-19-8-15-9)11-5-13(18-3)12(17-2)4-10(11)14/h4-5,7-8H,6,14H2,1-3H3. The molecule has 0 saturated carbocycles. The Balaban J connectivity index is 2.28. The summed E-state index contributed by atoms with van der Waals surface area (Å²) in [5.74, 6) is 1.29. The van der Waals surface area contributed by atoms with Crippen molar-refractivity contribution in [2.75, 3.05) is 31.9 Å². The van der Waals surface area contributed by atoms with Crippen LogP contribution in [0.1, 0.15) is 5.69 Å². The molecule has 0 unspecified atom stereocenters. The first-order valence-electron chi connectivity index (χ1n) is 5.75. The van der Waals surface area contributed by atoms with E-state index in [1.165, 1.54) is 0 Å². The summed E-state index contributed by atoms with van der Waals surface area (Å²) in [6.45, 7) is 0.698. The zero-order valence-corrected chi connectivity index (χ0v) is 12.0. The lowest BCUT2D eigenvalue weighted by Crippen LogP contribution is -2.18. The Morgan fingerprint density at radius 2 is 1.95 bits per heavy atom. The molecule has 102 valence electrons. The van der Waals surface area contributed by atoms with Gasteiger partial charge in [0.15, 0.2) is 11.5 Å². The Kier molecular flexibility index (Phi) is 4.11. The lowest BCUT2D eigenvalue weighted by atomic mass is 10.2. The van der Waals surface area contributed by atoms with Crippen molar-refractivity contribution in [2.24, 2.45) is 0 Å². The van der Waals surface area contributed by atoms with Gasteiger partial charge in [-0.1, -0.05) is 0 Å². The molecule has 2 rings (SSSR count). The Morgan fingerprint density at radius 1 is 1.26 bits per heavy atom. The Morgan fingerprint density at radius 3 is 2.53 bits per heavy atom. The highest BCUT2D eigenvalue weighted by Crippen LogP contribution is 2.36. The van der Waals surface area contributed by atoms with Crippen LogP contribution in [0.3, 0.4) is 0 Å². The lowest BCUT2D eigenvalue weighted by Gasteiger charge is -2.21. The Labute approximate surface area is 116 Å². The third kappa shape index (κ3) is 2.90. The van der Waals surface area contributed by atoms with Gasteiger partial charge in [-0.25, -0.2) is 4.98 Å². The third-order valence-corrected chi connectivity index (χ3v) is 3.46. The van der Waals surface area contributed by atoms with Crippen LogP contribution in [-0.2, 0) is 6.54 Å². The number of ether oxygens (including phenoxy) is 2. The number of aromatic nitrogens is 1. The number of nitrogens with zero attached hydrogens (tertiary/aromatic N) is 2. The minimum atomic E-state index is 0.630. The maximum absolute atomic E-state index is 6.06. The molecular weight excluding hydrogens is 262 g/mol. The summed E-state index contributed by atoms with van der Waals surface area (Å²) in [6, 6.07) is 3.65. The topological polar surface area (TPSA) is 60.6 Å². The van der Waals surface area contributed by atoms with Crippen LogP contribution in [0.5, 0.6) is 11.5 Å². The van der Waals surface area contributed by atoms with Crippen molar-refractivity contribution in [3.05, 3.63) is 28.7 Å². The van der Waals surface area contributed by atoms with Crippen molar-refractivity contribution in [2.45, 2.75) is 6.54 Å². The van der Waals surface area contributed by atoms with Crippen LogP contribution >= 0.6 is 11.3 Å². The van der Waals surface area contributed by atoms with Gasteiger partial charge in [-0.2, -0.15) is 0 Å². The average Bonchev–Trinajstić information content (AvgIpc) is 2.90. The Bertz CT molecular complexity index is 543. The molecule has 6 heteroatoms. The number of rotatable bonds is 5. The largest absolute Gasteiger partial charge is 0.493 e. The maximum Gasteiger partial charge on any atom is 0.162 e. The van der Waals surface area contributed by atoms with Crippen LogP contribution in [-0.4, -0.2) is 26.3 Å². The minimum absolute atomic E-state index is 0.630. The van der Waals surface area contributed by atoms with E-state index < -0.39 is 0 Å². The van der Waals surface area contributed by atoms with Gasteiger partial charge < -0.3 is 20.1 Å². The molecule has 0 aliphatic carbocycles. The fraction of sp³-hybridized carbons (Fsp3) is 0.308. The van der Waals surface area contributed by atoms with E-state index in [1.54, 1.807) is 31.6 Å². The van der Waals surface area contributed by atoms with E-state index in [-0.39, 0.29) is 0 Å².